The number of hydrogen-bond donors (Lipinski definition) is 2. The first-order valence-electron chi connectivity index (χ1n) is 7.07. The summed E-state index contributed by atoms with van der Waals surface area (Å²) in [5, 5.41) is 13.3. The Morgan fingerprint density at radius 1 is 1.43 bits per heavy atom. The monoisotopic (exact) mass is 313 g/mol. The van der Waals surface area contributed by atoms with Gasteiger partial charge in [-0.3, -0.25) is 0 Å². The fourth-order valence-electron chi connectivity index (χ4n) is 1.86. The Hall–Kier alpha value is -1.26. The minimum absolute atomic E-state index is 0.378. The topological polar surface area (TPSA) is 58.6 Å². The average molecular weight is 314 g/mol. The van der Waals surface area contributed by atoms with Crippen LogP contribution in [0.4, 0.5) is 4.79 Å². The lowest BCUT2D eigenvalue weighted by Crippen LogP contribution is -2.34. The number of aliphatic hydroxyl groups excluding tert-OH is 1. The third kappa shape index (κ3) is 7.34. The van der Waals surface area contributed by atoms with Crippen LogP contribution < -0.4 is 5.32 Å². The molecule has 1 atom stereocenters. The highest BCUT2D eigenvalue weighted by molar-refractivity contribution is 6.31. The van der Waals surface area contributed by atoms with E-state index in [4.69, 9.17) is 16.3 Å². The van der Waals surface area contributed by atoms with Gasteiger partial charge in [-0.25, -0.2) is 4.79 Å². The molecule has 0 radical (unpaired) electrons. The van der Waals surface area contributed by atoms with E-state index in [1.54, 1.807) is 0 Å². The largest absolute Gasteiger partial charge is 0.444 e. The Morgan fingerprint density at radius 2 is 2.10 bits per heavy atom. The Balaban J connectivity index is 2.32. The summed E-state index contributed by atoms with van der Waals surface area (Å²) in [6, 6.07) is 5.70. The highest BCUT2D eigenvalue weighted by atomic mass is 35.5. The second-order valence-electron chi connectivity index (χ2n) is 6.16. The molecule has 0 spiro atoms. The van der Waals surface area contributed by atoms with Gasteiger partial charge < -0.3 is 15.2 Å². The number of halogens is 1. The van der Waals surface area contributed by atoms with Gasteiger partial charge in [-0.1, -0.05) is 23.7 Å². The molecule has 2 N–H and O–H groups in total. The number of nitrogens with one attached hydrogen (secondary N) is 1. The smallest absolute Gasteiger partial charge is 0.407 e. The molecule has 0 fully saturated rings. The van der Waals surface area contributed by atoms with E-state index in [1.165, 1.54) is 0 Å². The molecule has 1 rings (SSSR count). The first-order valence-corrected chi connectivity index (χ1v) is 7.45. The summed E-state index contributed by atoms with van der Waals surface area (Å²) in [6.45, 7) is 7.74. The van der Waals surface area contributed by atoms with Crippen molar-refractivity contribution in [2.45, 2.75) is 52.2 Å². The van der Waals surface area contributed by atoms with Gasteiger partial charge in [-0.15, -0.1) is 0 Å². The Labute approximate surface area is 131 Å². The summed E-state index contributed by atoms with van der Waals surface area (Å²) < 4.78 is 5.12. The zero-order chi connectivity index (χ0) is 16.0. The van der Waals surface area contributed by atoms with Crippen LogP contribution in [0.25, 0.3) is 0 Å². The van der Waals surface area contributed by atoms with E-state index >= 15 is 0 Å². The van der Waals surface area contributed by atoms with Gasteiger partial charge in [-0.2, -0.15) is 0 Å². The molecular weight excluding hydrogens is 290 g/mol. The third-order valence-electron chi connectivity index (χ3n) is 2.84. The maximum atomic E-state index is 11.5. The van der Waals surface area contributed by atoms with Crippen LogP contribution in [0.2, 0.25) is 5.02 Å². The van der Waals surface area contributed by atoms with Crippen molar-refractivity contribution in [1.82, 2.24) is 5.32 Å². The van der Waals surface area contributed by atoms with Crippen molar-refractivity contribution in [1.29, 1.82) is 0 Å². The van der Waals surface area contributed by atoms with Gasteiger partial charge in [0.25, 0.3) is 0 Å². The maximum absolute atomic E-state index is 11.5. The minimum Gasteiger partial charge on any atom is -0.444 e. The van der Waals surface area contributed by atoms with Crippen LogP contribution in [-0.4, -0.2) is 29.4 Å². The number of aryl methyl sites for hydroxylation is 1. The molecule has 1 aromatic rings. The number of ether oxygens (including phenoxy) is 1. The van der Waals surface area contributed by atoms with Gasteiger partial charge in [0, 0.05) is 11.6 Å². The number of carbonyl (C=O) groups excluding carboxylic acids is 1. The molecule has 1 aromatic carbocycles. The Kier molecular flexibility index (Phi) is 6.49. The lowest BCUT2D eigenvalue weighted by atomic mass is 10.0. The second kappa shape index (κ2) is 7.66. The average Bonchev–Trinajstić information content (AvgIpc) is 2.31. The first-order chi connectivity index (χ1) is 9.67. The Morgan fingerprint density at radius 3 is 2.67 bits per heavy atom. The van der Waals surface area contributed by atoms with Crippen LogP contribution in [0.15, 0.2) is 18.2 Å². The van der Waals surface area contributed by atoms with Crippen LogP contribution >= 0.6 is 11.6 Å². The van der Waals surface area contributed by atoms with Crippen molar-refractivity contribution in [2.24, 2.45) is 0 Å². The molecule has 118 valence electrons. The Bertz CT molecular complexity index is 483. The molecule has 5 heteroatoms. The van der Waals surface area contributed by atoms with Gasteiger partial charge in [0.1, 0.15) is 5.60 Å². The molecule has 0 aliphatic heterocycles. The van der Waals surface area contributed by atoms with Crippen LogP contribution in [-0.2, 0) is 11.2 Å². The van der Waals surface area contributed by atoms with E-state index in [-0.39, 0.29) is 0 Å². The fraction of sp³-hybridized carbons (Fsp3) is 0.562. The van der Waals surface area contributed by atoms with Gasteiger partial charge in [-0.05, 0) is 57.7 Å². The highest BCUT2D eigenvalue weighted by Gasteiger charge is 2.16. The molecule has 0 heterocycles. The molecular formula is C16H24ClNO3. The summed E-state index contributed by atoms with van der Waals surface area (Å²) in [5.74, 6) is 0. The van der Waals surface area contributed by atoms with Gasteiger partial charge >= 0.3 is 6.09 Å². The van der Waals surface area contributed by atoms with Crippen molar-refractivity contribution in [3.8, 4) is 0 Å². The predicted octanol–water partition coefficient (Wildman–Crippen LogP) is 3.47. The molecule has 1 amide bonds. The highest BCUT2D eigenvalue weighted by Crippen LogP contribution is 2.17. The van der Waals surface area contributed by atoms with E-state index in [2.05, 4.69) is 5.32 Å². The van der Waals surface area contributed by atoms with Crippen molar-refractivity contribution >= 4 is 17.7 Å². The van der Waals surface area contributed by atoms with E-state index in [0.717, 1.165) is 16.1 Å². The number of hydrogen-bond acceptors (Lipinski definition) is 3. The molecule has 0 saturated heterocycles. The molecule has 0 aliphatic carbocycles. The minimum atomic E-state index is -0.513. The van der Waals surface area contributed by atoms with Gasteiger partial charge in [0.2, 0.25) is 0 Å². The van der Waals surface area contributed by atoms with Gasteiger partial charge in [0.15, 0.2) is 0 Å². The van der Waals surface area contributed by atoms with Crippen molar-refractivity contribution in [2.75, 3.05) is 6.54 Å². The van der Waals surface area contributed by atoms with Crippen LogP contribution in [0.1, 0.15) is 38.3 Å². The number of amides is 1. The zero-order valence-corrected chi connectivity index (χ0v) is 13.8. The van der Waals surface area contributed by atoms with Crippen LogP contribution in [0.3, 0.4) is 0 Å². The molecule has 0 bridgehead atoms. The van der Waals surface area contributed by atoms with Gasteiger partial charge in [0.05, 0.1) is 6.10 Å². The molecule has 0 aliphatic rings. The first kappa shape index (κ1) is 17.8. The summed E-state index contributed by atoms with van der Waals surface area (Å²) in [6.07, 6.45) is 0.0344. The van der Waals surface area contributed by atoms with E-state index in [9.17, 15) is 9.90 Å². The predicted molar refractivity (Wildman–Crippen MR) is 84.8 cm³/mol. The molecule has 1 unspecified atom stereocenters. The molecule has 0 aromatic heterocycles. The number of alkyl carbamates (subject to hydrolysis) is 1. The van der Waals surface area contributed by atoms with Crippen LogP contribution in [0, 0.1) is 6.92 Å². The third-order valence-corrected chi connectivity index (χ3v) is 3.26. The molecule has 4 nitrogen and oxygen atoms in total. The second-order valence-corrected chi connectivity index (χ2v) is 6.57. The van der Waals surface area contributed by atoms with E-state index in [1.807, 2.05) is 45.9 Å². The zero-order valence-electron chi connectivity index (χ0n) is 13.1. The van der Waals surface area contributed by atoms with E-state index in [0.29, 0.717) is 19.4 Å². The fourth-order valence-corrected chi connectivity index (χ4v) is 1.98. The SMILES string of the molecule is Cc1cc(CC(O)CCNC(=O)OC(C)(C)C)ccc1Cl. The number of rotatable bonds is 5. The lowest BCUT2D eigenvalue weighted by molar-refractivity contribution is 0.0518. The number of carbonyl (C=O) groups is 1. The standard InChI is InChI=1S/C16H24ClNO3/c1-11-9-12(5-6-14(11)17)10-13(19)7-8-18-15(20)21-16(2,3)4/h5-6,9,13,19H,7-8,10H2,1-4H3,(H,18,20). The van der Waals surface area contributed by atoms with Crippen molar-refractivity contribution < 1.29 is 14.6 Å². The quantitative estimate of drug-likeness (QED) is 0.875. The molecule has 21 heavy (non-hydrogen) atoms. The maximum Gasteiger partial charge on any atom is 0.407 e. The van der Waals surface area contributed by atoms with E-state index < -0.39 is 17.8 Å². The van der Waals surface area contributed by atoms with Crippen molar-refractivity contribution in [3.05, 3.63) is 34.3 Å². The summed E-state index contributed by atoms with van der Waals surface area (Å²) in [4.78, 5) is 11.5. The summed E-state index contributed by atoms with van der Waals surface area (Å²) in [7, 11) is 0. The number of aliphatic hydroxyl groups is 1. The molecule has 0 saturated carbocycles. The lowest BCUT2D eigenvalue weighted by Gasteiger charge is -2.20. The number of benzene rings is 1. The van der Waals surface area contributed by atoms with Crippen LogP contribution in [0.5, 0.6) is 0 Å². The summed E-state index contributed by atoms with van der Waals surface area (Å²) in [5.41, 5.74) is 1.51. The van der Waals surface area contributed by atoms with Crippen molar-refractivity contribution in [3.63, 3.8) is 0 Å². The normalized spacial score (nSPS) is 12.9. The summed E-state index contributed by atoms with van der Waals surface area (Å²) >= 11 is 5.96.